The summed E-state index contributed by atoms with van der Waals surface area (Å²) in [7, 11) is 0. The Morgan fingerprint density at radius 1 is 1.39 bits per heavy atom. The molecule has 18 heavy (non-hydrogen) atoms. The zero-order chi connectivity index (χ0) is 13.4. The number of oxime groups is 1. The monoisotopic (exact) mass is 252 g/mol. The number of nitrogens with one attached hydrogen (secondary N) is 1. The topological polar surface area (TPSA) is 123 Å². The first-order valence-electron chi connectivity index (χ1n) is 5.34. The van der Waals surface area contributed by atoms with Gasteiger partial charge in [-0.15, -0.1) is 0 Å². The highest BCUT2D eigenvalue weighted by Crippen LogP contribution is 2.07. The van der Waals surface area contributed by atoms with Crippen LogP contribution in [0.15, 0.2) is 29.4 Å². The summed E-state index contributed by atoms with van der Waals surface area (Å²) in [4.78, 5) is 10.3. The molecule has 0 aliphatic heterocycles. The molecule has 0 spiro atoms. The Morgan fingerprint density at radius 3 is 2.78 bits per heavy atom. The molecule has 1 aromatic carbocycles. The van der Waals surface area contributed by atoms with Crippen molar-refractivity contribution in [2.45, 2.75) is 6.54 Å². The van der Waals surface area contributed by atoms with Crippen molar-refractivity contribution in [2.75, 3.05) is 13.2 Å². The van der Waals surface area contributed by atoms with Gasteiger partial charge in [-0.3, -0.25) is 0 Å². The molecule has 0 aromatic heterocycles. The predicted octanol–water partition coefficient (Wildman–Crippen LogP) is -0.0340. The van der Waals surface area contributed by atoms with Crippen molar-refractivity contribution in [3.05, 3.63) is 35.4 Å². The van der Waals surface area contributed by atoms with Crippen LogP contribution in [0, 0.1) is 0 Å². The van der Waals surface area contributed by atoms with Crippen LogP contribution in [0.2, 0.25) is 0 Å². The van der Waals surface area contributed by atoms with E-state index < -0.39 is 6.09 Å². The number of amidine groups is 1. The van der Waals surface area contributed by atoms with Gasteiger partial charge in [0.1, 0.15) is 6.61 Å². The maximum atomic E-state index is 10.3. The van der Waals surface area contributed by atoms with Crippen LogP contribution in [0.5, 0.6) is 0 Å². The molecule has 0 atom stereocenters. The van der Waals surface area contributed by atoms with Gasteiger partial charge in [0, 0.05) is 18.7 Å². The van der Waals surface area contributed by atoms with Crippen LogP contribution in [0.25, 0.3) is 0 Å². The second kappa shape index (κ2) is 7.13. The lowest BCUT2D eigenvalue weighted by Gasteiger charge is -2.09. The molecule has 6 N–H and O–H groups in total. The number of hydrogen-bond acceptors (Lipinski definition) is 5. The number of carbonyl (C=O) groups excluding carboxylic acids is 1. The van der Waals surface area contributed by atoms with Crippen molar-refractivity contribution in [1.29, 1.82) is 0 Å². The van der Waals surface area contributed by atoms with Gasteiger partial charge in [-0.05, 0) is 5.56 Å². The van der Waals surface area contributed by atoms with E-state index in [1.807, 2.05) is 12.1 Å². The average Bonchev–Trinajstić information content (AvgIpc) is 2.37. The highest BCUT2D eigenvalue weighted by molar-refractivity contribution is 5.98. The molecule has 0 saturated carbocycles. The molecular weight excluding hydrogens is 236 g/mol. The Bertz CT molecular complexity index is 434. The third-order valence-corrected chi connectivity index (χ3v) is 2.24. The molecule has 1 amide bonds. The van der Waals surface area contributed by atoms with E-state index in [1.165, 1.54) is 0 Å². The first-order valence-corrected chi connectivity index (χ1v) is 5.34. The second-order valence-electron chi connectivity index (χ2n) is 3.49. The van der Waals surface area contributed by atoms with E-state index in [1.54, 1.807) is 12.1 Å². The minimum absolute atomic E-state index is 0.0563. The summed E-state index contributed by atoms with van der Waals surface area (Å²) in [6.45, 7) is 1.17. The smallest absolute Gasteiger partial charge is 0.404 e. The Labute approximate surface area is 104 Å². The van der Waals surface area contributed by atoms with Gasteiger partial charge in [0.2, 0.25) is 0 Å². The van der Waals surface area contributed by atoms with Crippen molar-refractivity contribution >= 4 is 11.9 Å². The number of primary amides is 1. The molecular formula is C11H16N4O3. The van der Waals surface area contributed by atoms with Crippen molar-refractivity contribution in [1.82, 2.24) is 5.32 Å². The van der Waals surface area contributed by atoms with Crippen molar-refractivity contribution in [2.24, 2.45) is 16.6 Å². The number of benzene rings is 1. The SMILES string of the molecule is NC(=O)OCCNCc1ccccc1/C(N)=N/O. The molecule has 0 aliphatic rings. The van der Waals surface area contributed by atoms with Crippen molar-refractivity contribution < 1.29 is 14.7 Å². The average molecular weight is 252 g/mol. The number of ether oxygens (including phenoxy) is 1. The van der Waals surface area contributed by atoms with Gasteiger partial charge in [0.15, 0.2) is 5.84 Å². The van der Waals surface area contributed by atoms with E-state index in [2.05, 4.69) is 15.2 Å². The van der Waals surface area contributed by atoms with Crippen LogP contribution in [0.4, 0.5) is 4.79 Å². The number of nitrogens with zero attached hydrogens (tertiary/aromatic N) is 1. The second-order valence-corrected chi connectivity index (χ2v) is 3.49. The first-order chi connectivity index (χ1) is 8.65. The molecule has 1 aromatic rings. The summed E-state index contributed by atoms with van der Waals surface area (Å²) >= 11 is 0. The molecule has 0 fully saturated rings. The maximum Gasteiger partial charge on any atom is 0.404 e. The lowest BCUT2D eigenvalue weighted by Crippen LogP contribution is -2.24. The van der Waals surface area contributed by atoms with E-state index in [0.717, 1.165) is 5.56 Å². The lowest BCUT2D eigenvalue weighted by atomic mass is 10.1. The summed E-state index contributed by atoms with van der Waals surface area (Å²) in [5, 5.41) is 14.7. The lowest BCUT2D eigenvalue weighted by molar-refractivity contribution is 0.157. The predicted molar refractivity (Wildman–Crippen MR) is 66.2 cm³/mol. The molecule has 1 rings (SSSR count). The van der Waals surface area contributed by atoms with E-state index in [4.69, 9.17) is 16.7 Å². The van der Waals surface area contributed by atoms with E-state index in [0.29, 0.717) is 18.7 Å². The zero-order valence-corrected chi connectivity index (χ0v) is 9.80. The minimum atomic E-state index is -0.797. The molecule has 0 heterocycles. The number of rotatable bonds is 6. The first kappa shape index (κ1) is 13.8. The van der Waals surface area contributed by atoms with Crippen LogP contribution in [-0.4, -0.2) is 30.3 Å². The fourth-order valence-corrected chi connectivity index (χ4v) is 1.43. The number of hydrogen-bond donors (Lipinski definition) is 4. The fraction of sp³-hybridized carbons (Fsp3) is 0.273. The zero-order valence-electron chi connectivity index (χ0n) is 9.80. The summed E-state index contributed by atoms with van der Waals surface area (Å²) in [6.07, 6.45) is -0.797. The Balaban J connectivity index is 2.49. The molecule has 0 saturated heterocycles. The summed E-state index contributed by atoms with van der Waals surface area (Å²) in [5.74, 6) is 0.0563. The third-order valence-electron chi connectivity index (χ3n) is 2.24. The Hall–Kier alpha value is -2.28. The van der Waals surface area contributed by atoms with Crippen molar-refractivity contribution in [3.8, 4) is 0 Å². The summed E-state index contributed by atoms with van der Waals surface area (Å²) < 4.78 is 4.57. The standard InChI is InChI=1S/C11H16N4O3/c12-10(15-17)9-4-2-1-3-8(9)7-14-5-6-18-11(13)16/h1-4,14,17H,5-7H2,(H2,12,15)(H2,13,16). The maximum absolute atomic E-state index is 10.3. The van der Waals surface area contributed by atoms with E-state index >= 15 is 0 Å². The van der Waals surface area contributed by atoms with Gasteiger partial charge < -0.3 is 26.7 Å². The number of amides is 1. The summed E-state index contributed by atoms with van der Waals surface area (Å²) in [6, 6.07) is 7.26. The molecule has 0 unspecified atom stereocenters. The fourth-order valence-electron chi connectivity index (χ4n) is 1.43. The highest BCUT2D eigenvalue weighted by Gasteiger charge is 2.05. The largest absolute Gasteiger partial charge is 0.448 e. The Kier molecular flexibility index (Phi) is 5.46. The van der Waals surface area contributed by atoms with Gasteiger partial charge >= 0.3 is 6.09 Å². The molecule has 0 bridgehead atoms. The van der Waals surface area contributed by atoms with Gasteiger partial charge in [-0.25, -0.2) is 4.79 Å². The molecule has 98 valence electrons. The molecule has 7 nitrogen and oxygen atoms in total. The van der Waals surface area contributed by atoms with Crippen LogP contribution >= 0.6 is 0 Å². The van der Waals surface area contributed by atoms with Crippen molar-refractivity contribution in [3.63, 3.8) is 0 Å². The highest BCUT2D eigenvalue weighted by atomic mass is 16.5. The van der Waals surface area contributed by atoms with Gasteiger partial charge in [0.05, 0.1) is 0 Å². The Morgan fingerprint density at radius 2 is 2.11 bits per heavy atom. The molecule has 7 heteroatoms. The van der Waals surface area contributed by atoms with Gasteiger partial charge in [-0.2, -0.15) is 0 Å². The van der Waals surface area contributed by atoms with Gasteiger partial charge in [-0.1, -0.05) is 29.4 Å². The van der Waals surface area contributed by atoms with Crippen LogP contribution < -0.4 is 16.8 Å². The minimum Gasteiger partial charge on any atom is -0.448 e. The van der Waals surface area contributed by atoms with Crippen LogP contribution in [0.3, 0.4) is 0 Å². The summed E-state index contributed by atoms with van der Waals surface area (Å²) in [5.41, 5.74) is 11.9. The number of carbonyl (C=O) groups is 1. The molecule has 0 radical (unpaired) electrons. The number of nitrogens with two attached hydrogens (primary N) is 2. The van der Waals surface area contributed by atoms with Crippen LogP contribution in [-0.2, 0) is 11.3 Å². The molecule has 0 aliphatic carbocycles. The normalized spacial score (nSPS) is 11.2. The quantitative estimate of drug-likeness (QED) is 0.186. The van der Waals surface area contributed by atoms with E-state index in [-0.39, 0.29) is 12.4 Å². The third kappa shape index (κ3) is 4.30. The van der Waals surface area contributed by atoms with Gasteiger partial charge in [0.25, 0.3) is 0 Å². The van der Waals surface area contributed by atoms with E-state index in [9.17, 15) is 4.79 Å². The van der Waals surface area contributed by atoms with Crippen LogP contribution in [0.1, 0.15) is 11.1 Å².